The van der Waals surface area contributed by atoms with E-state index in [-0.39, 0.29) is 17.8 Å². The molecular formula is C22H25FN4O2S. The van der Waals surface area contributed by atoms with E-state index in [1.807, 2.05) is 19.1 Å². The Morgan fingerprint density at radius 3 is 2.77 bits per heavy atom. The number of aryl methyl sites for hydroxylation is 1. The molecule has 30 heavy (non-hydrogen) atoms. The highest BCUT2D eigenvalue weighted by molar-refractivity contribution is 8.00. The van der Waals surface area contributed by atoms with Crippen LogP contribution in [0, 0.1) is 12.7 Å². The summed E-state index contributed by atoms with van der Waals surface area (Å²) < 4.78 is 21.5. The molecule has 4 rings (SSSR count). The van der Waals surface area contributed by atoms with Crippen molar-refractivity contribution in [1.29, 1.82) is 0 Å². The minimum absolute atomic E-state index is 0.207. The second kappa shape index (κ2) is 9.04. The summed E-state index contributed by atoms with van der Waals surface area (Å²) in [5, 5.41) is 11.8. The van der Waals surface area contributed by atoms with E-state index in [0.717, 1.165) is 12.8 Å². The standard InChI is InChI=1S/C22H25FN4O2S/c1-14-10-11-16(13-18(14)23)24-21(28)15(2)30-22-26-25-20(19-9-6-12-29-19)27(22)17-7-4-3-5-8-17/h6,9-13,15,17H,3-5,7-8H2,1-2H3,(H,24,28). The number of thioether (sulfide) groups is 1. The molecule has 1 unspecified atom stereocenters. The van der Waals surface area contributed by atoms with E-state index in [2.05, 4.69) is 20.1 Å². The number of rotatable bonds is 6. The fraction of sp³-hybridized carbons (Fsp3) is 0.409. The van der Waals surface area contributed by atoms with Gasteiger partial charge in [-0.1, -0.05) is 37.1 Å². The molecule has 0 bridgehead atoms. The van der Waals surface area contributed by atoms with Crippen LogP contribution >= 0.6 is 11.8 Å². The predicted octanol–water partition coefficient (Wildman–Crippen LogP) is 5.61. The monoisotopic (exact) mass is 428 g/mol. The van der Waals surface area contributed by atoms with Gasteiger partial charge in [-0.2, -0.15) is 0 Å². The SMILES string of the molecule is Cc1ccc(NC(=O)C(C)Sc2nnc(-c3ccco3)n2C2CCCCC2)cc1F. The van der Waals surface area contributed by atoms with E-state index in [0.29, 0.717) is 28.0 Å². The van der Waals surface area contributed by atoms with E-state index >= 15 is 0 Å². The van der Waals surface area contributed by atoms with E-state index in [1.54, 1.807) is 25.3 Å². The van der Waals surface area contributed by atoms with Crippen molar-refractivity contribution in [3.05, 3.63) is 48.0 Å². The number of carbonyl (C=O) groups is 1. The molecule has 2 heterocycles. The van der Waals surface area contributed by atoms with Gasteiger partial charge in [0.05, 0.1) is 11.5 Å². The maximum Gasteiger partial charge on any atom is 0.237 e. The van der Waals surface area contributed by atoms with Crippen LogP contribution in [0.5, 0.6) is 0 Å². The molecule has 1 atom stereocenters. The Hall–Kier alpha value is -2.61. The van der Waals surface area contributed by atoms with E-state index in [1.165, 1.54) is 37.1 Å². The Morgan fingerprint density at radius 2 is 2.07 bits per heavy atom. The van der Waals surface area contributed by atoms with E-state index < -0.39 is 5.25 Å². The van der Waals surface area contributed by atoms with Gasteiger partial charge in [-0.05, 0) is 56.5 Å². The summed E-state index contributed by atoms with van der Waals surface area (Å²) >= 11 is 1.36. The van der Waals surface area contributed by atoms with Gasteiger partial charge in [-0.15, -0.1) is 10.2 Å². The Bertz CT molecular complexity index is 1010. The van der Waals surface area contributed by atoms with Gasteiger partial charge in [-0.25, -0.2) is 4.39 Å². The first-order chi connectivity index (χ1) is 14.5. The smallest absolute Gasteiger partial charge is 0.237 e. The molecule has 0 saturated heterocycles. The Balaban J connectivity index is 1.54. The zero-order chi connectivity index (χ0) is 21.1. The lowest BCUT2D eigenvalue weighted by atomic mass is 9.95. The third-order valence-electron chi connectivity index (χ3n) is 5.44. The molecule has 1 aromatic carbocycles. The number of hydrogen-bond donors (Lipinski definition) is 1. The highest BCUT2D eigenvalue weighted by atomic mass is 32.2. The number of anilines is 1. The number of furan rings is 1. The number of carbonyl (C=O) groups excluding carboxylic acids is 1. The molecule has 6 nitrogen and oxygen atoms in total. The minimum Gasteiger partial charge on any atom is -0.461 e. The highest BCUT2D eigenvalue weighted by Crippen LogP contribution is 2.36. The van der Waals surface area contributed by atoms with Crippen LogP contribution in [0.3, 0.4) is 0 Å². The quantitative estimate of drug-likeness (QED) is 0.517. The topological polar surface area (TPSA) is 73.0 Å². The van der Waals surface area contributed by atoms with Crippen molar-refractivity contribution in [3.8, 4) is 11.6 Å². The molecular weight excluding hydrogens is 403 g/mol. The number of benzene rings is 1. The molecule has 0 radical (unpaired) electrons. The third kappa shape index (κ3) is 4.43. The van der Waals surface area contributed by atoms with Crippen molar-refractivity contribution in [1.82, 2.24) is 14.8 Å². The molecule has 0 aliphatic heterocycles. The Labute approximate surface area is 179 Å². The van der Waals surface area contributed by atoms with Gasteiger partial charge in [0.1, 0.15) is 5.82 Å². The fourth-order valence-electron chi connectivity index (χ4n) is 3.73. The first-order valence-corrected chi connectivity index (χ1v) is 11.1. The Morgan fingerprint density at radius 1 is 1.27 bits per heavy atom. The summed E-state index contributed by atoms with van der Waals surface area (Å²) in [6, 6.07) is 8.69. The lowest BCUT2D eigenvalue weighted by Gasteiger charge is -2.25. The molecule has 1 aliphatic carbocycles. The van der Waals surface area contributed by atoms with Gasteiger partial charge < -0.3 is 9.73 Å². The number of hydrogen-bond acceptors (Lipinski definition) is 5. The lowest BCUT2D eigenvalue weighted by Crippen LogP contribution is -2.23. The van der Waals surface area contributed by atoms with Gasteiger partial charge >= 0.3 is 0 Å². The molecule has 2 aromatic heterocycles. The molecule has 3 aromatic rings. The van der Waals surface area contributed by atoms with Crippen molar-refractivity contribution < 1.29 is 13.6 Å². The second-order valence-corrected chi connectivity index (χ2v) is 8.97. The average molecular weight is 429 g/mol. The van der Waals surface area contributed by atoms with Crippen LogP contribution in [-0.2, 0) is 4.79 Å². The zero-order valence-corrected chi connectivity index (χ0v) is 17.9. The van der Waals surface area contributed by atoms with E-state index in [4.69, 9.17) is 4.42 Å². The van der Waals surface area contributed by atoms with Gasteiger partial charge in [-0.3, -0.25) is 9.36 Å². The molecule has 1 aliphatic rings. The largest absolute Gasteiger partial charge is 0.461 e. The first kappa shape index (κ1) is 20.7. The van der Waals surface area contributed by atoms with Crippen LogP contribution in [0.4, 0.5) is 10.1 Å². The van der Waals surface area contributed by atoms with Crippen molar-refractivity contribution in [3.63, 3.8) is 0 Å². The minimum atomic E-state index is -0.426. The normalized spacial score (nSPS) is 15.8. The third-order valence-corrected chi connectivity index (χ3v) is 6.49. The predicted molar refractivity (Wildman–Crippen MR) is 115 cm³/mol. The Kier molecular flexibility index (Phi) is 6.22. The average Bonchev–Trinajstić information content (AvgIpc) is 3.41. The molecule has 1 fully saturated rings. The van der Waals surface area contributed by atoms with Gasteiger partial charge in [0.2, 0.25) is 11.7 Å². The van der Waals surface area contributed by atoms with Gasteiger partial charge in [0.15, 0.2) is 10.9 Å². The van der Waals surface area contributed by atoms with Gasteiger partial charge in [0.25, 0.3) is 0 Å². The first-order valence-electron chi connectivity index (χ1n) is 10.3. The van der Waals surface area contributed by atoms with Crippen LogP contribution < -0.4 is 5.32 Å². The molecule has 1 N–H and O–H groups in total. The van der Waals surface area contributed by atoms with Crippen LogP contribution in [-0.4, -0.2) is 25.9 Å². The summed E-state index contributed by atoms with van der Waals surface area (Å²) in [7, 11) is 0. The molecule has 0 spiro atoms. The van der Waals surface area contributed by atoms with Crippen LogP contribution in [0.2, 0.25) is 0 Å². The van der Waals surface area contributed by atoms with Crippen molar-refractivity contribution in [2.24, 2.45) is 0 Å². The highest BCUT2D eigenvalue weighted by Gasteiger charge is 2.27. The lowest BCUT2D eigenvalue weighted by molar-refractivity contribution is -0.115. The summed E-state index contributed by atoms with van der Waals surface area (Å²) in [4.78, 5) is 12.7. The molecule has 8 heteroatoms. The summed E-state index contributed by atoms with van der Waals surface area (Å²) in [6.07, 6.45) is 7.31. The summed E-state index contributed by atoms with van der Waals surface area (Å²) in [5.41, 5.74) is 0.988. The van der Waals surface area contributed by atoms with Crippen LogP contribution in [0.25, 0.3) is 11.6 Å². The number of nitrogens with zero attached hydrogens (tertiary/aromatic N) is 3. The molecule has 158 valence electrons. The summed E-state index contributed by atoms with van der Waals surface area (Å²) in [6.45, 7) is 3.51. The number of amides is 1. The maximum atomic E-state index is 13.8. The second-order valence-electron chi connectivity index (χ2n) is 7.66. The van der Waals surface area contributed by atoms with Crippen molar-refractivity contribution >= 4 is 23.4 Å². The maximum absolute atomic E-state index is 13.8. The van der Waals surface area contributed by atoms with Gasteiger partial charge in [0, 0.05) is 11.7 Å². The van der Waals surface area contributed by atoms with Crippen LogP contribution in [0.1, 0.15) is 50.6 Å². The van der Waals surface area contributed by atoms with E-state index in [9.17, 15) is 9.18 Å². The zero-order valence-electron chi connectivity index (χ0n) is 17.1. The number of halogens is 1. The van der Waals surface area contributed by atoms with Crippen molar-refractivity contribution in [2.75, 3.05) is 5.32 Å². The van der Waals surface area contributed by atoms with Crippen LogP contribution in [0.15, 0.2) is 46.2 Å². The molecule has 1 saturated carbocycles. The number of aromatic nitrogens is 3. The summed E-state index contributed by atoms with van der Waals surface area (Å²) in [5.74, 6) is 0.823. The van der Waals surface area contributed by atoms with Crippen molar-refractivity contribution in [2.45, 2.75) is 62.4 Å². The molecule has 1 amide bonds. The fourth-order valence-corrected chi connectivity index (χ4v) is 4.64. The number of nitrogens with one attached hydrogen (secondary N) is 1.